The van der Waals surface area contributed by atoms with Crippen LogP contribution >= 0.6 is 0 Å². The van der Waals surface area contributed by atoms with E-state index in [2.05, 4.69) is 9.97 Å². The number of likely N-dealkylation sites (tertiary alicyclic amines) is 1. The number of rotatable bonds is 8. The predicted octanol–water partition coefficient (Wildman–Crippen LogP) is 4.37. The van der Waals surface area contributed by atoms with Gasteiger partial charge in [-0.3, -0.25) is 9.59 Å². The second-order valence-corrected chi connectivity index (χ2v) is 8.26. The number of piperidine rings is 1. The molecule has 0 saturated carbocycles. The van der Waals surface area contributed by atoms with Crippen molar-refractivity contribution < 1.29 is 28.5 Å². The van der Waals surface area contributed by atoms with E-state index in [0.29, 0.717) is 49.1 Å². The molecule has 0 spiro atoms. The van der Waals surface area contributed by atoms with Crippen LogP contribution < -0.4 is 14.2 Å². The minimum absolute atomic E-state index is 0.129. The number of carbonyl (C=O) groups excluding carboxylic acids is 2. The van der Waals surface area contributed by atoms with Crippen LogP contribution in [0.5, 0.6) is 23.1 Å². The van der Waals surface area contributed by atoms with Gasteiger partial charge in [0.25, 0.3) is 5.91 Å². The Kier molecular flexibility index (Phi) is 7.99. The monoisotopic (exact) mass is 491 g/mol. The van der Waals surface area contributed by atoms with E-state index in [1.54, 1.807) is 50.3 Å². The third kappa shape index (κ3) is 5.73. The van der Waals surface area contributed by atoms with Crippen molar-refractivity contribution >= 4 is 11.9 Å². The first-order valence-electron chi connectivity index (χ1n) is 11.8. The summed E-state index contributed by atoms with van der Waals surface area (Å²) in [5.74, 6) is 1.48. The smallest absolute Gasteiger partial charge is 0.310 e. The largest absolute Gasteiger partial charge is 0.497 e. The van der Waals surface area contributed by atoms with Gasteiger partial charge in [0.2, 0.25) is 5.88 Å². The number of amides is 1. The first kappa shape index (κ1) is 25.0. The lowest BCUT2D eigenvalue weighted by Gasteiger charge is -2.31. The highest BCUT2D eigenvalue weighted by molar-refractivity contribution is 5.96. The normalized spacial score (nSPS) is 15.2. The average molecular weight is 492 g/mol. The van der Waals surface area contributed by atoms with Crippen molar-refractivity contribution in [2.45, 2.75) is 19.8 Å². The Bertz CT molecular complexity index is 1200. The van der Waals surface area contributed by atoms with Crippen molar-refractivity contribution in [2.24, 2.45) is 5.92 Å². The van der Waals surface area contributed by atoms with Crippen LogP contribution in [0, 0.1) is 5.92 Å². The molecule has 2 aromatic carbocycles. The highest BCUT2D eigenvalue weighted by Crippen LogP contribution is 2.30. The maximum Gasteiger partial charge on any atom is 0.310 e. The van der Waals surface area contributed by atoms with Crippen LogP contribution in [-0.4, -0.2) is 60.7 Å². The van der Waals surface area contributed by atoms with E-state index in [4.69, 9.17) is 18.9 Å². The molecule has 3 aromatic rings. The molecule has 1 aromatic heterocycles. The molecule has 1 fully saturated rings. The summed E-state index contributed by atoms with van der Waals surface area (Å²) in [4.78, 5) is 36.5. The van der Waals surface area contributed by atoms with Crippen molar-refractivity contribution in [3.05, 3.63) is 60.3 Å². The third-order valence-corrected chi connectivity index (χ3v) is 5.93. The summed E-state index contributed by atoms with van der Waals surface area (Å²) in [7, 11) is 3.18. The summed E-state index contributed by atoms with van der Waals surface area (Å²) >= 11 is 0. The van der Waals surface area contributed by atoms with Gasteiger partial charge in [0.1, 0.15) is 22.8 Å². The van der Waals surface area contributed by atoms with Crippen molar-refractivity contribution in [1.29, 1.82) is 0 Å². The standard InChI is InChI=1S/C27H29N3O6/c1-4-35-27(32)19-6-5-15-30(17-19)26(31)23-16-28-24(18-7-9-20(33-2)10-8-18)29-25(23)36-22-13-11-21(34-3)12-14-22/h7-14,16,19H,4-6,15,17H2,1-3H3. The Labute approximate surface area is 210 Å². The topological polar surface area (TPSA) is 100 Å². The molecular formula is C27H29N3O6. The van der Waals surface area contributed by atoms with Gasteiger partial charge in [-0.05, 0) is 68.3 Å². The second kappa shape index (κ2) is 11.5. The Morgan fingerprint density at radius 1 is 0.972 bits per heavy atom. The number of carbonyl (C=O) groups is 2. The minimum Gasteiger partial charge on any atom is -0.497 e. The lowest BCUT2D eigenvalue weighted by molar-refractivity contribution is -0.149. The van der Waals surface area contributed by atoms with Gasteiger partial charge >= 0.3 is 5.97 Å². The van der Waals surface area contributed by atoms with Crippen LogP contribution in [0.2, 0.25) is 0 Å². The number of esters is 1. The highest BCUT2D eigenvalue weighted by Gasteiger charge is 2.31. The zero-order chi connectivity index (χ0) is 25.5. The lowest BCUT2D eigenvalue weighted by Crippen LogP contribution is -2.43. The number of benzene rings is 2. The van der Waals surface area contributed by atoms with Gasteiger partial charge in [-0.2, -0.15) is 4.98 Å². The maximum absolute atomic E-state index is 13.5. The van der Waals surface area contributed by atoms with Crippen LogP contribution in [0.15, 0.2) is 54.7 Å². The van der Waals surface area contributed by atoms with E-state index in [0.717, 1.165) is 5.56 Å². The van der Waals surface area contributed by atoms with E-state index in [1.165, 1.54) is 6.20 Å². The summed E-state index contributed by atoms with van der Waals surface area (Å²) in [5, 5.41) is 0. The number of nitrogens with zero attached hydrogens (tertiary/aromatic N) is 3. The molecule has 1 saturated heterocycles. The fourth-order valence-electron chi connectivity index (χ4n) is 4.01. The molecule has 1 aliphatic rings. The minimum atomic E-state index is -0.354. The first-order chi connectivity index (χ1) is 17.5. The fraction of sp³-hybridized carbons (Fsp3) is 0.333. The Morgan fingerprint density at radius 3 is 2.25 bits per heavy atom. The molecule has 2 heterocycles. The maximum atomic E-state index is 13.5. The van der Waals surface area contributed by atoms with E-state index in [9.17, 15) is 9.59 Å². The van der Waals surface area contributed by atoms with Crippen LogP contribution in [0.1, 0.15) is 30.1 Å². The van der Waals surface area contributed by atoms with E-state index >= 15 is 0 Å². The van der Waals surface area contributed by atoms with Gasteiger partial charge < -0.3 is 23.8 Å². The van der Waals surface area contributed by atoms with Gasteiger partial charge in [-0.15, -0.1) is 0 Å². The molecule has 36 heavy (non-hydrogen) atoms. The lowest BCUT2D eigenvalue weighted by atomic mass is 9.97. The third-order valence-electron chi connectivity index (χ3n) is 5.93. The van der Waals surface area contributed by atoms with Crippen molar-refractivity contribution in [1.82, 2.24) is 14.9 Å². The fourth-order valence-corrected chi connectivity index (χ4v) is 4.01. The van der Waals surface area contributed by atoms with Crippen LogP contribution in [0.25, 0.3) is 11.4 Å². The number of ether oxygens (including phenoxy) is 4. The Balaban J connectivity index is 1.65. The first-order valence-corrected chi connectivity index (χ1v) is 11.8. The molecule has 1 aliphatic heterocycles. The zero-order valence-corrected chi connectivity index (χ0v) is 20.6. The number of aromatic nitrogens is 2. The predicted molar refractivity (Wildman–Crippen MR) is 132 cm³/mol. The molecular weight excluding hydrogens is 462 g/mol. The molecule has 188 valence electrons. The molecule has 0 radical (unpaired) electrons. The van der Waals surface area contributed by atoms with Gasteiger partial charge in [0.15, 0.2) is 5.82 Å². The van der Waals surface area contributed by atoms with Crippen LogP contribution in [0.3, 0.4) is 0 Å². The molecule has 0 bridgehead atoms. The molecule has 1 unspecified atom stereocenters. The van der Waals surface area contributed by atoms with E-state index in [1.807, 2.05) is 24.3 Å². The van der Waals surface area contributed by atoms with E-state index < -0.39 is 0 Å². The molecule has 9 nitrogen and oxygen atoms in total. The highest BCUT2D eigenvalue weighted by atomic mass is 16.5. The number of hydrogen-bond donors (Lipinski definition) is 0. The van der Waals surface area contributed by atoms with Gasteiger partial charge in [0, 0.05) is 24.8 Å². The second-order valence-electron chi connectivity index (χ2n) is 8.26. The molecule has 0 aliphatic carbocycles. The number of hydrogen-bond acceptors (Lipinski definition) is 8. The summed E-state index contributed by atoms with van der Waals surface area (Å²) in [6, 6.07) is 14.3. The van der Waals surface area contributed by atoms with Crippen LogP contribution in [0.4, 0.5) is 0 Å². The summed E-state index contributed by atoms with van der Waals surface area (Å²) in [5.41, 5.74) is 0.960. The van der Waals surface area contributed by atoms with Gasteiger partial charge in [-0.1, -0.05) is 0 Å². The molecule has 1 amide bonds. The van der Waals surface area contributed by atoms with Crippen molar-refractivity contribution in [2.75, 3.05) is 33.9 Å². The SMILES string of the molecule is CCOC(=O)C1CCCN(C(=O)c2cnc(-c3ccc(OC)cc3)nc2Oc2ccc(OC)cc2)C1. The molecule has 0 N–H and O–H groups in total. The van der Waals surface area contributed by atoms with Crippen molar-refractivity contribution in [3.63, 3.8) is 0 Å². The Morgan fingerprint density at radius 2 is 1.61 bits per heavy atom. The van der Waals surface area contributed by atoms with E-state index in [-0.39, 0.29) is 35.8 Å². The Hall–Kier alpha value is -4.14. The van der Waals surface area contributed by atoms with Gasteiger partial charge in [-0.25, -0.2) is 4.98 Å². The summed E-state index contributed by atoms with van der Waals surface area (Å²) in [6.45, 7) is 2.88. The molecule has 1 atom stereocenters. The number of methoxy groups -OCH3 is 2. The zero-order valence-electron chi connectivity index (χ0n) is 20.6. The van der Waals surface area contributed by atoms with Crippen LogP contribution in [-0.2, 0) is 9.53 Å². The van der Waals surface area contributed by atoms with Crippen molar-refractivity contribution in [3.8, 4) is 34.5 Å². The summed E-state index contributed by atoms with van der Waals surface area (Å²) in [6.07, 6.45) is 2.86. The van der Waals surface area contributed by atoms with Gasteiger partial charge in [0.05, 0.1) is 26.7 Å². The average Bonchev–Trinajstić information content (AvgIpc) is 2.93. The summed E-state index contributed by atoms with van der Waals surface area (Å²) < 4.78 is 21.7. The molecule has 4 rings (SSSR count). The quantitative estimate of drug-likeness (QED) is 0.428. The molecule has 9 heteroatoms.